The van der Waals surface area contributed by atoms with Crippen LogP contribution in [0.2, 0.25) is 0 Å². The van der Waals surface area contributed by atoms with Gasteiger partial charge >= 0.3 is 5.97 Å². The van der Waals surface area contributed by atoms with Crippen molar-refractivity contribution in [3.8, 4) is 0 Å². The number of ether oxygens (including phenoxy) is 1. The third kappa shape index (κ3) is 5.78. The number of likely N-dealkylation sites (tertiary alicyclic amines) is 1. The van der Waals surface area contributed by atoms with Gasteiger partial charge in [0, 0.05) is 37.7 Å². The number of hydrogen-bond donors (Lipinski definition) is 2. The average molecular weight is 440 g/mol. The van der Waals surface area contributed by atoms with Crippen LogP contribution in [0.25, 0.3) is 0 Å². The molecule has 2 amide bonds. The normalized spacial score (nSPS) is 14.3. The number of aromatic amines is 1. The van der Waals surface area contributed by atoms with Gasteiger partial charge in [-0.15, -0.1) is 0 Å². The lowest BCUT2D eigenvalue weighted by Gasteiger charge is -2.31. The highest BCUT2D eigenvalue weighted by molar-refractivity contribution is 5.90. The van der Waals surface area contributed by atoms with E-state index >= 15 is 0 Å². The SMILES string of the molecule is CCOC(=O)c1[nH]c(C)c(CCC(=O)N2CCC(C(=O)NCc3ccccc3)CC2)c1C. The minimum Gasteiger partial charge on any atom is -0.461 e. The highest BCUT2D eigenvalue weighted by atomic mass is 16.5. The smallest absolute Gasteiger partial charge is 0.355 e. The van der Waals surface area contributed by atoms with E-state index < -0.39 is 0 Å². The van der Waals surface area contributed by atoms with Gasteiger partial charge in [-0.2, -0.15) is 0 Å². The Hall–Kier alpha value is -3.09. The number of esters is 1. The van der Waals surface area contributed by atoms with Crippen LogP contribution in [-0.2, 0) is 27.3 Å². The van der Waals surface area contributed by atoms with E-state index in [0.29, 0.717) is 57.6 Å². The molecule has 7 heteroatoms. The maximum atomic E-state index is 12.7. The fourth-order valence-electron chi connectivity index (χ4n) is 4.28. The first kappa shape index (κ1) is 23.6. The summed E-state index contributed by atoms with van der Waals surface area (Å²) < 4.78 is 5.09. The highest BCUT2D eigenvalue weighted by Gasteiger charge is 2.27. The molecule has 0 spiro atoms. The molecule has 32 heavy (non-hydrogen) atoms. The fourth-order valence-corrected chi connectivity index (χ4v) is 4.28. The van der Waals surface area contributed by atoms with Crippen molar-refractivity contribution in [1.82, 2.24) is 15.2 Å². The van der Waals surface area contributed by atoms with Gasteiger partial charge in [0.1, 0.15) is 5.69 Å². The van der Waals surface area contributed by atoms with Crippen molar-refractivity contribution in [3.63, 3.8) is 0 Å². The number of amides is 2. The number of aromatic nitrogens is 1. The van der Waals surface area contributed by atoms with Crippen molar-refractivity contribution >= 4 is 17.8 Å². The Morgan fingerprint density at radius 1 is 1.12 bits per heavy atom. The number of hydrogen-bond acceptors (Lipinski definition) is 4. The number of carbonyl (C=O) groups excluding carboxylic acids is 3. The van der Waals surface area contributed by atoms with Gasteiger partial charge in [0.15, 0.2) is 0 Å². The van der Waals surface area contributed by atoms with E-state index in [0.717, 1.165) is 22.4 Å². The van der Waals surface area contributed by atoms with Gasteiger partial charge in [-0.05, 0) is 56.7 Å². The molecule has 1 aromatic heterocycles. The molecule has 2 heterocycles. The quantitative estimate of drug-likeness (QED) is 0.618. The zero-order valence-corrected chi connectivity index (χ0v) is 19.2. The standard InChI is InChI=1S/C25H33N3O4/c1-4-32-25(31)23-17(2)21(18(3)27-23)10-11-22(29)28-14-12-20(13-15-28)24(30)26-16-19-8-6-5-7-9-19/h5-9,20,27H,4,10-16H2,1-3H3,(H,26,30). The summed E-state index contributed by atoms with van der Waals surface area (Å²) in [5, 5.41) is 3.01. The summed E-state index contributed by atoms with van der Waals surface area (Å²) in [5.41, 5.74) is 4.29. The van der Waals surface area contributed by atoms with E-state index in [1.807, 2.05) is 49.1 Å². The third-order valence-corrected chi connectivity index (χ3v) is 6.19. The van der Waals surface area contributed by atoms with E-state index in [-0.39, 0.29) is 23.7 Å². The lowest BCUT2D eigenvalue weighted by molar-refractivity contribution is -0.135. The van der Waals surface area contributed by atoms with Crippen LogP contribution < -0.4 is 5.32 Å². The zero-order chi connectivity index (χ0) is 23.1. The Bertz CT molecular complexity index is 944. The first-order valence-electron chi connectivity index (χ1n) is 11.3. The maximum Gasteiger partial charge on any atom is 0.355 e. The lowest BCUT2D eigenvalue weighted by atomic mass is 9.95. The highest BCUT2D eigenvalue weighted by Crippen LogP contribution is 2.22. The number of benzene rings is 1. The lowest BCUT2D eigenvalue weighted by Crippen LogP contribution is -2.43. The largest absolute Gasteiger partial charge is 0.461 e. The molecule has 1 saturated heterocycles. The molecule has 2 N–H and O–H groups in total. The van der Waals surface area contributed by atoms with Crippen molar-refractivity contribution in [2.75, 3.05) is 19.7 Å². The number of aryl methyl sites for hydroxylation is 1. The number of carbonyl (C=O) groups is 3. The van der Waals surface area contributed by atoms with E-state index in [2.05, 4.69) is 10.3 Å². The second-order valence-corrected chi connectivity index (χ2v) is 8.31. The summed E-state index contributed by atoms with van der Waals surface area (Å²) in [6.07, 6.45) is 2.32. The van der Waals surface area contributed by atoms with Crippen molar-refractivity contribution in [2.45, 2.75) is 53.0 Å². The Morgan fingerprint density at radius 2 is 1.81 bits per heavy atom. The minimum absolute atomic E-state index is 0.0518. The molecule has 0 bridgehead atoms. The molecule has 0 atom stereocenters. The van der Waals surface area contributed by atoms with Crippen LogP contribution in [-0.4, -0.2) is 47.4 Å². The van der Waals surface area contributed by atoms with Crippen LogP contribution in [0.1, 0.15) is 59.1 Å². The first-order chi connectivity index (χ1) is 15.4. The van der Waals surface area contributed by atoms with Crippen LogP contribution in [0.4, 0.5) is 0 Å². The number of rotatable bonds is 8. The molecule has 0 unspecified atom stereocenters. The Labute approximate surface area is 189 Å². The second-order valence-electron chi connectivity index (χ2n) is 8.31. The Kier molecular flexibility index (Phi) is 8.09. The van der Waals surface area contributed by atoms with Crippen LogP contribution in [0, 0.1) is 19.8 Å². The number of H-pyrrole nitrogens is 1. The van der Waals surface area contributed by atoms with Crippen molar-refractivity contribution in [3.05, 3.63) is 58.4 Å². The van der Waals surface area contributed by atoms with E-state index in [9.17, 15) is 14.4 Å². The minimum atomic E-state index is -0.363. The molecule has 0 saturated carbocycles. The predicted octanol–water partition coefficient (Wildman–Crippen LogP) is 3.30. The van der Waals surface area contributed by atoms with Crippen molar-refractivity contribution in [2.24, 2.45) is 5.92 Å². The molecule has 3 rings (SSSR count). The Balaban J connectivity index is 1.46. The molecular weight excluding hydrogens is 406 g/mol. The van der Waals surface area contributed by atoms with Crippen LogP contribution >= 0.6 is 0 Å². The molecule has 2 aromatic rings. The van der Waals surface area contributed by atoms with Crippen LogP contribution in [0.15, 0.2) is 30.3 Å². The van der Waals surface area contributed by atoms with Gasteiger partial charge in [-0.3, -0.25) is 9.59 Å². The molecular formula is C25H33N3O4. The molecule has 1 aliphatic rings. The van der Waals surface area contributed by atoms with Gasteiger partial charge in [0.25, 0.3) is 0 Å². The maximum absolute atomic E-state index is 12.7. The second kappa shape index (κ2) is 11.0. The van der Waals surface area contributed by atoms with Crippen LogP contribution in [0.5, 0.6) is 0 Å². The fraction of sp³-hybridized carbons (Fsp3) is 0.480. The van der Waals surface area contributed by atoms with Gasteiger partial charge in [0.05, 0.1) is 6.61 Å². The van der Waals surface area contributed by atoms with Crippen LogP contribution in [0.3, 0.4) is 0 Å². The van der Waals surface area contributed by atoms with Gasteiger partial charge in [-0.25, -0.2) is 4.79 Å². The van der Waals surface area contributed by atoms with Crippen molar-refractivity contribution < 1.29 is 19.1 Å². The molecule has 172 valence electrons. The summed E-state index contributed by atoms with van der Waals surface area (Å²) >= 11 is 0. The first-order valence-corrected chi connectivity index (χ1v) is 11.3. The molecule has 0 aliphatic carbocycles. The molecule has 0 radical (unpaired) electrons. The number of piperidine rings is 1. The summed E-state index contributed by atoms with van der Waals surface area (Å²) in [6, 6.07) is 9.85. The zero-order valence-electron chi connectivity index (χ0n) is 19.2. The van der Waals surface area contributed by atoms with Gasteiger partial charge in [0.2, 0.25) is 11.8 Å². The summed E-state index contributed by atoms with van der Waals surface area (Å²) in [7, 11) is 0. The molecule has 1 aromatic carbocycles. The number of nitrogens with zero attached hydrogens (tertiary/aromatic N) is 1. The Morgan fingerprint density at radius 3 is 2.47 bits per heavy atom. The predicted molar refractivity (Wildman–Crippen MR) is 122 cm³/mol. The number of nitrogens with one attached hydrogen (secondary N) is 2. The average Bonchev–Trinajstić information content (AvgIpc) is 3.10. The topological polar surface area (TPSA) is 91.5 Å². The molecule has 7 nitrogen and oxygen atoms in total. The molecule has 1 fully saturated rings. The monoisotopic (exact) mass is 439 g/mol. The van der Waals surface area contributed by atoms with E-state index in [4.69, 9.17) is 4.74 Å². The van der Waals surface area contributed by atoms with Gasteiger partial charge < -0.3 is 19.9 Å². The third-order valence-electron chi connectivity index (χ3n) is 6.19. The summed E-state index contributed by atoms with van der Waals surface area (Å²) in [6.45, 7) is 7.62. The summed E-state index contributed by atoms with van der Waals surface area (Å²) in [5.74, 6) is -0.265. The van der Waals surface area contributed by atoms with E-state index in [1.165, 1.54) is 0 Å². The van der Waals surface area contributed by atoms with E-state index in [1.54, 1.807) is 6.92 Å². The summed E-state index contributed by atoms with van der Waals surface area (Å²) in [4.78, 5) is 42.2. The van der Waals surface area contributed by atoms with Gasteiger partial charge in [-0.1, -0.05) is 30.3 Å². The molecule has 1 aliphatic heterocycles. The van der Waals surface area contributed by atoms with Crippen molar-refractivity contribution in [1.29, 1.82) is 0 Å².